The Morgan fingerprint density at radius 1 is 0.647 bits per heavy atom. The topological polar surface area (TPSA) is 263 Å². The maximum absolute atomic E-state index is 12.7. The molecule has 0 bridgehead atoms. The predicted molar refractivity (Wildman–Crippen MR) is 112 cm³/mol. The van der Waals surface area contributed by atoms with Crippen LogP contribution in [0.25, 0.3) is 0 Å². The van der Waals surface area contributed by atoms with Crippen LogP contribution in [0.5, 0.6) is 0 Å². The molecule has 34 heavy (non-hydrogen) atoms. The average Bonchev–Trinajstić information content (AvgIpc) is 2.71. The Kier molecular flexibility index (Phi) is 12.8. The van der Waals surface area contributed by atoms with Gasteiger partial charge in [0.2, 0.25) is 17.7 Å². The predicted octanol–water partition coefficient (Wildman–Crippen LogP) is -2.29. The van der Waals surface area contributed by atoms with Gasteiger partial charge in [-0.15, -0.1) is 0 Å². The third-order valence-electron chi connectivity index (χ3n) is 4.57. The van der Waals surface area contributed by atoms with Crippen molar-refractivity contribution in [1.82, 2.24) is 16.0 Å². The van der Waals surface area contributed by atoms with Crippen molar-refractivity contribution < 1.29 is 54.0 Å². The minimum atomic E-state index is -1.86. The van der Waals surface area contributed by atoms with Crippen LogP contribution in [0.3, 0.4) is 0 Å². The van der Waals surface area contributed by atoms with Gasteiger partial charge in [0.15, 0.2) is 0 Å². The van der Waals surface area contributed by atoms with Gasteiger partial charge in [-0.2, -0.15) is 0 Å². The van der Waals surface area contributed by atoms with E-state index >= 15 is 0 Å². The third kappa shape index (κ3) is 11.8. The van der Waals surface area contributed by atoms with Crippen LogP contribution in [-0.4, -0.2) is 86.2 Å². The monoisotopic (exact) mass is 490 g/mol. The van der Waals surface area contributed by atoms with Crippen LogP contribution in [0.15, 0.2) is 0 Å². The number of rotatable bonds is 16. The Bertz CT molecular complexity index is 799. The fourth-order valence-corrected chi connectivity index (χ4v) is 2.56. The summed E-state index contributed by atoms with van der Waals surface area (Å²) < 4.78 is 0. The minimum absolute atomic E-state index is 0.320. The molecule has 0 fully saturated rings. The van der Waals surface area contributed by atoms with E-state index in [1.165, 1.54) is 0 Å². The van der Waals surface area contributed by atoms with Crippen LogP contribution in [0.4, 0.5) is 0 Å². The molecule has 0 aromatic carbocycles. The van der Waals surface area contributed by atoms with Crippen molar-refractivity contribution in [3.63, 3.8) is 0 Å². The van der Waals surface area contributed by atoms with Gasteiger partial charge in [0.25, 0.3) is 0 Å². The Balaban J connectivity index is 5.66. The van der Waals surface area contributed by atoms with E-state index in [1.807, 2.05) is 5.32 Å². The number of hydrogen-bond donors (Lipinski definition) is 8. The second-order valence-corrected chi connectivity index (χ2v) is 7.75. The molecular weight excluding hydrogens is 460 g/mol. The Labute approximate surface area is 194 Å². The van der Waals surface area contributed by atoms with Crippen molar-refractivity contribution in [2.75, 3.05) is 0 Å². The molecule has 0 aromatic rings. The first-order chi connectivity index (χ1) is 15.6. The van der Waals surface area contributed by atoms with E-state index in [2.05, 4.69) is 10.6 Å². The Morgan fingerprint density at radius 3 is 1.35 bits per heavy atom. The van der Waals surface area contributed by atoms with E-state index in [4.69, 9.17) is 26.2 Å². The summed E-state index contributed by atoms with van der Waals surface area (Å²) in [5.41, 5.74) is 5.72. The number of carboxylic acids is 4. The second kappa shape index (κ2) is 14.4. The van der Waals surface area contributed by atoms with Gasteiger partial charge in [-0.3, -0.25) is 28.8 Å². The van der Waals surface area contributed by atoms with Crippen molar-refractivity contribution in [3.05, 3.63) is 0 Å². The highest BCUT2D eigenvalue weighted by atomic mass is 16.4. The zero-order valence-corrected chi connectivity index (χ0v) is 18.6. The zero-order chi connectivity index (χ0) is 26.6. The number of carboxylic acid groups (broad SMARTS) is 4. The molecule has 4 unspecified atom stereocenters. The van der Waals surface area contributed by atoms with E-state index in [-0.39, 0.29) is 12.3 Å². The highest BCUT2D eigenvalue weighted by molar-refractivity contribution is 5.95. The number of carbonyl (C=O) groups is 7. The van der Waals surface area contributed by atoms with Crippen LogP contribution >= 0.6 is 0 Å². The molecule has 0 aliphatic heterocycles. The lowest BCUT2D eigenvalue weighted by atomic mass is 10.0. The number of nitrogens with two attached hydrogens (primary N) is 1. The summed E-state index contributed by atoms with van der Waals surface area (Å²) in [6, 6.07) is -5.97. The van der Waals surface area contributed by atoms with Gasteiger partial charge >= 0.3 is 23.9 Å². The van der Waals surface area contributed by atoms with E-state index < -0.39 is 91.4 Å². The standard InChI is InChI=1S/C19H30N4O11/c1-8(2)15(20)18(32)22-10(4-6-13(26)27)16(30)21-9(3-5-12(24)25)17(31)23-11(19(33)34)7-14(28)29/h8-11,15H,3-7,20H2,1-2H3,(H,21,30)(H,22,32)(H,23,31)(H,24,25)(H,26,27)(H,28,29)(H,33,34). The quantitative estimate of drug-likeness (QED) is 0.114. The molecule has 192 valence electrons. The van der Waals surface area contributed by atoms with Crippen LogP contribution in [0.2, 0.25) is 0 Å². The number of amides is 3. The molecule has 0 rings (SSSR count). The van der Waals surface area contributed by atoms with E-state index in [0.717, 1.165) is 0 Å². The number of carbonyl (C=O) groups excluding carboxylic acids is 3. The van der Waals surface area contributed by atoms with Gasteiger partial charge < -0.3 is 42.1 Å². The molecule has 0 saturated heterocycles. The molecule has 0 radical (unpaired) electrons. The largest absolute Gasteiger partial charge is 0.481 e. The normalized spacial score (nSPS) is 14.2. The molecule has 15 heteroatoms. The van der Waals surface area contributed by atoms with E-state index in [9.17, 15) is 33.6 Å². The fourth-order valence-electron chi connectivity index (χ4n) is 2.56. The Morgan fingerprint density at radius 2 is 1.03 bits per heavy atom. The maximum atomic E-state index is 12.7. The van der Waals surface area contributed by atoms with Crippen LogP contribution in [0, 0.1) is 5.92 Å². The number of nitrogens with one attached hydrogen (secondary N) is 3. The highest BCUT2D eigenvalue weighted by Crippen LogP contribution is 2.06. The van der Waals surface area contributed by atoms with Crippen molar-refractivity contribution in [1.29, 1.82) is 0 Å². The maximum Gasteiger partial charge on any atom is 0.326 e. The van der Waals surface area contributed by atoms with Crippen molar-refractivity contribution in [2.24, 2.45) is 11.7 Å². The van der Waals surface area contributed by atoms with Gasteiger partial charge in [0.05, 0.1) is 12.5 Å². The number of aliphatic carboxylic acids is 4. The molecule has 0 saturated carbocycles. The van der Waals surface area contributed by atoms with Crippen LogP contribution in [-0.2, 0) is 33.6 Å². The van der Waals surface area contributed by atoms with Crippen LogP contribution in [0.1, 0.15) is 46.0 Å². The Hall–Kier alpha value is -3.75. The lowest BCUT2D eigenvalue weighted by Gasteiger charge is -2.25. The molecule has 0 aromatic heterocycles. The lowest BCUT2D eigenvalue weighted by molar-refractivity contribution is -0.147. The summed E-state index contributed by atoms with van der Waals surface area (Å²) >= 11 is 0. The van der Waals surface area contributed by atoms with E-state index in [0.29, 0.717) is 0 Å². The summed E-state index contributed by atoms with van der Waals surface area (Å²) in [6.07, 6.45) is -3.04. The van der Waals surface area contributed by atoms with Crippen molar-refractivity contribution in [2.45, 2.75) is 70.1 Å². The summed E-state index contributed by atoms with van der Waals surface area (Å²) in [5.74, 6) is -9.12. The first kappa shape index (κ1) is 30.2. The van der Waals surface area contributed by atoms with Gasteiger partial charge in [-0.25, -0.2) is 4.79 Å². The highest BCUT2D eigenvalue weighted by Gasteiger charge is 2.32. The first-order valence-electron chi connectivity index (χ1n) is 10.2. The summed E-state index contributed by atoms with van der Waals surface area (Å²) in [5, 5.41) is 42.1. The molecule has 4 atom stereocenters. The molecule has 9 N–H and O–H groups in total. The molecule has 3 amide bonds. The lowest BCUT2D eigenvalue weighted by Crippen LogP contribution is -2.57. The van der Waals surface area contributed by atoms with Crippen molar-refractivity contribution in [3.8, 4) is 0 Å². The number of hydrogen-bond acceptors (Lipinski definition) is 8. The molecule has 0 spiro atoms. The second-order valence-electron chi connectivity index (χ2n) is 7.75. The average molecular weight is 490 g/mol. The van der Waals surface area contributed by atoms with Crippen molar-refractivity contribution >= 4 is 41.6 Å². The first-order valence-corrected chi connectivity index (χ1v) is 10.2. The molecule has 0 aliphatic carbocycles. The zero-order valence-electron chi connectivity index (χ0n) is 18.6. The summed E-state index contributed by atoms with van der Waals surface area (Å²) in [6.45, 7) is 3.28. The minimum Gasteiger partial charge on any atom is -0.481 e. The van der Waals surface area contributed by atoms with Gasteiger partial charge in [0, 0.05) is 12.8 Å². The molecular formula is C19H30N4O11. The van der Waals surface area contributed by atoms with Crippen LogP contribution < -0.4 is 21.7 Å². The molecule has 15 nitrogen and oxygen atoms in total. The third-order valence-corrected chi connectivity index (χ3v) is 4.57. The smallest absolute Gasteiger partial charge is 0.326 e. The summed E-state index contributed by atoms with van der Waals surface area (Å²) in [4.78, 5) is 81.4. The fraction of sp³-hybridized carbons (Fsp3) is 0.632. The van der Waals surface area contributed by atoms with Gasteiger partial charge in [-0.05, 0) is 18.8 Å². The van der Waals surface area contributed by atoms with Gasteiger partial charge in [-0.1, -0.05) is 13.8 Å². The molecule has 0 heterocycles. The van der Waals surface area contributed by atoms with E-state index in [1.54, 1.807) is 13.8 Å². The SMILES string of the molecule is CC(C)C(N)C(=O)NC(CCC(=O)O)C(=O)NC(CCC(=O)O)C(=O)NC(CC(=O)O)C(=O)O. The molecule has 0 aliphatic rings. The van der Waals surface area contributed by atoms with Gasteiger partial charge in [0.1, 0.15) is 18.1 Å². The summed E-state index contributed by atoms with van der Waals surface area (Å²) in [7, 11) is 0.